The minimum absolute atomic E-state index is 0.622. The Hall–Kier alpha value is -0.130. The second-order valence-electron chi connectivity index (χ2n) is 5.52. The summed E-state index contributed by atoms with van der Waals surface area (Å²) >= 11 is 0. The number of nitrogens with one attached hydrogen (secondary N) is 1. The zero-order valence-corrected chi connectivity index (χ0v) is 11.6. The van der Waals surface area contributed by atoms with Crippen LogP contribution in [0.25, 0.3) is 0 Å². The van der Waals surface area contributed by atoms with Crippen molar-refractivity contribution in [1.29, 1.82) is 0 Å². The number of rotatable bonds is 3. The third kappa shape index (κ3) is 2.96. The Bertz CT molecular complexity index is 311. The van der Waals surface area contributed by atoms with Crippen molar-refractivity contribution in [3.63, 3.8) is 0 Å². The summed E-state index contributed by atoms with van der Waals surface area (Å²) in [5.41, 5.74) is 0. The second kappa shape index (κ2) is 5.02. The van der Waals surface area contributed by atoms with Crippen LogP contribution in [0.5, 0.6) is 0 Å². The molecule has 0 atom stereocenters. The first-order chi connectivity index (χ1) is 7.29. The van der Waals surface area contributed by atoms with Crippen molar-refractivity contribution in [1.82, 2.24) is 9.62 Å². The molecule has 0 spiro atoms. The van der Waals surface area contributed by atoms with Gasteiger partial charge >= 0.3 is 0 Å². The number of nitrogens with zero attached hydrogens (tertiary/aromatic N) is 1. The highest BCUT2D eigenvalue weighted by Gasteiger charge is 2.36. The molecule has 1 aliphatic rings. The average molecular weight is 248 g/mol. The summed E-state index contributed by atoms with van der Waals surface area (Å²) in [6.07, 6.45) is 1.94. The molecule has 0 amide bonds. The molecule has 0 aliphatic carbocycles. The molecule has 4 nitrogen and oxygen atoms in total. The molecule has 5 heteroatoms. The van der Waals surface area contributed by atoms with Crippen LogP contribution >= 0.6 is 0 Å². The maximum Gasteiger partial charge on any atom is 0.219 e. The quantitative estimate of drug-likeness (QED) is 0.812. The Labute approximate surface area is 99.5 Å². The third-order valence-electron chi connectivity index (χ3n) is 3.18. The first kappa shape index (κ1) is 13.9. The van der Waals surface area contributed by atoms with Crippen LogP contribution in [0, 0.1) is 5.92 Å². The van der Waals surface area contributed by atoms with Gasteiger partial charge in [0.25, 0.3) is 0 Å². The molecule has 1 N–H and O–H groups in total. The molecule has 0 unspecified atom stereocenters. The molecule has 1 fully saturated rings. The Balaban J connectivity index is 2.61. The number of hydrogen-bond donors (Lipinski definition) is 1. The van der Waals surface area contributed by atoms with Crippen molar-refractivity contribution >= 4 is 10.0 Å². The van der Waals surface area contributed by atoms with Crippen molar-refractivity contribution in [3.05, 3.63) is 0 Å². The molecule has 0 aromatic rings. The molecule has 1 saturated heterocycles. The molecule has 0 aromatic heterocycles. The largest absolute Gasteiger partial charge is 0.319 e. The van der Waals surface area contributed by atoms with Gasteiger partial charge in [-0.05, 0) is 53.1 Å². The van der Waals surface area contributed by atoms with Crippen molar-refractivity contribution in [2.45, 2.75) is 38.4 Å². The van der Waals surface area contributed by atoms with Gasteiger partial charge in [0.1, 0.15) is 0 Å². The highest BCUT2D eigenvalue weighted by atomic mass is 32.2. The fourth-order valence-corrected chi connectivity index (χ4v) is 3.50. The summed E-state index contributed by atoms with van der Waals surface area (Å²) in [5, 5.41) is 3.15. The molecule has 1 aliphatic heterocycles. The van der Waals surface area contributed by atoms with Gasteiger partial charge in [-0.25, -0.2) is 12.7 Å². The van der Waals surface area contributed by atoms with Crippen LogP contribution in [-0.4, -0.2) is 44.2 Å². The Morgan fingerprint density at radius 1 is 1.25 bits per heavy atom. The molecule has 0 bridgehead atoms. The summed E-state index contributed by atoms with van der Waals surface area (Å²) < 4.78 is 25.3. The van der Waals surface area contributed by atoms with E-state index in [1.165, 1.54) is 0 Å². The lowest BCUT2D eigenvalue weighted by atomic mass is 9.98. The minimum Gasteiger partial charge on any atom is -0.319 e. The van der Waals surface area contributed by atoms with E-state index in [1.807, 2.05) is 7.05 Å². The smallest absolute Gasteiger partial charge is 0.219 e. The molecule has 0 saturated carbocycles. The monoisotopic (exact) mass is 248 g/mol. The van der Waals surface area contributed by atoms with Crippen molar-refractivity contribution in [3.8, 4) is 0 Å². The number of sulfonamides is 1. The van der Waals surface area contributed by atoms with Gasteiger partial charge in [-0.3, -0.25) is 0 Å². The average Bonchev–Trinajstić information content (AvgIpc) is 2.17. The van der Waals surface area contributed by atoms with E-state index in [-0.39, 0.29) is 0 Å². The van der Waals surface area contributed by atoms with Crippen LogP contribution in [0.1, 0.15) is 33.6 Å². The van der Waals surface area contributed by atoms with Crippen LogP contribution < -0.4 is 5.32 Å². The maximum absolute atomic E-state index is 12.2. The normalized spacial score (nSPS) is 21.2. The van der Waals surface area contributed by atoms with E-state index in [4.69, 9.17) is 0 Å². The van der Waals surface area contributed by atoms with E-state index in [1.54, 1.807) is 25.1 Å². The standard InChI is InChI=1S/C11H24N2O2S/c1-11(2,3)16(14,15)13-7-5-10(6-8-13)9-12-4/h10,12H,5-9H2,1-4H3. The van der Waals surface area contributed by atoms with E-state index < -0.39 is 14.8 Å². The zero-order valence-electron chi connectivity index (χ0n) is 10.8. The minimum atomic E-state index is -3.12. The Kier molecular flexibility index (Phi) is 4.37. The summed E-state index contributed by atoms with van der Waals surface area (Å²) in [6, 6.07) is 0. The molecule has 1 heterocycles. The predicted octanol–water partition coefficient (Wildman–Crippen LogP) is 1.05. The lowest BCUT2D eigenvalue weighted by Crippen LogP contribution is -2.47. The fourth-order valence-electron chi connectivity index (χ4n) is 2.03. The van der Waals surface area contributed by atoms with Gasteiger partial charge in [0, 0.05) is 13.1 Å². The van der Waals surface area contributed by atoms with Crippen molar-refractivity contribution in [2.75, 3.05) is 26.7 Å². The first-order valence-corrected chi connectivity index (χ1v) is 7.37. The maximum atomic E-state index is 12.2. The van der Waals surface area contributed by atoms with E-state index in [9.17, 15) is 8.42 Å². The van der Waals surface area contributed by atoms with E-state index >= 15 is 0 Å². The van der Waals surface area contributed by atoms with Gasteiger partial charge in [-0.15, -0.1) is 0 Å². The molecular weight excluding hydrogens is 224 g/mol. The molecule has 0 radical (unpaired) electrons. The second-order valence-corrected chi connectivity index (χ2v) is 8.21. The van der Waals surface area contributed by atoms with Crippen LogP contribution in [0.15, 0.2) is 0 Å². The highest BCUT2D eigenvalue weighted by Crippen LogP contribution is 2.25. The molecular formula is C11H24N2O2S. The molecule has 16 heavy (non-hydrogen) atoms. The summed E-state index contributed by atoms with van der Waals surface area (Å²) in [7, 11) is -1.18. The number of piperidine rings is 1. The van der Waals surface area contributed by atoms with Crippen LogP contribution in [-0.2, 0) is 10.0 Å². The van der Waals surface area contributed by atoms with Gasteiger partial charge in [0.2, 0.25) is 10.0 Å². The molecule has 0 aromatic carbocycles. The summed E-state index contributed by atoms with van der Waals surface area (Å²) in [5.74, 6) is 0.622. The van der Waals surface area contributed by atoms with E-state index in [2.05, 4.69) is 5.32 Å². The molecule has 96 valence electrons. The van der Waals surface area contributed by atoms with Crippen LogP contribution in [0.3, 0.4) is 0 Å². The fraction of sp³-hybridized carbons (Fsp3) is 1.00. The van der Waals surface area contributed by atoms with E-state index in [0.717, 1.165) is 19.4 Å². The SMILES string of the molecule is CNCC1CCN(S(=O)(=O)C(C)(C)C)CC1. The first-order valence-electron chi connectivity index (χ1n) is 5.93. The zero-order chi connectivity index (χ0) is 12.4. The van der Waals surface area contributed by atoms with Gasteiger partial charge in [0.15, 0.2) is 0 Å². The van der Waals surface area contributed by atoms with Crippen molar-refractivity contribution < 1.29 is 8.42 Å². The van der Waals surface area contributed by atoms with Gasteiger partial charge in [-0.1, -0.05) is 0 Å². The molecule has 1 rings (SSSR count). The summed E-state index contributed by atoms with van der Waals surface area (Å²) in [6.45, 7) is 7.63. The lowest BCUT2D eigenvalue weighted by molar-refractivity contribution is 0.266. The summed E-state index contributed by atoms with van der Waals surface area (Å²) in [4.78, 5) is 0. The third-order valence-corrected chi connectivity index (χ3v) is 5.77. The predicted molar refractivity (Wildman–Crippen MR) is 66.9 cm³/mol. The Morgan fingerprint density at radius 2 is 1.75 bits per heavy atom. The number of hydrogen-bond acceptors (Lipinski definition) is 3. The van der Waals surface area contributed by atoms with Gasteiger partial charge < -0.3 is 5.32 Å². The van der Waals surface area contributed by atoms with Crippen LogP contribution in [0.2, 0.25) is 0 Å². The van der Waals surface area contributed by atoms with Crippen molar-refractivity contribution in [2.24, 2.45) is 5.92 Å². The Morgan fingerprint density at radius 3 is 2.12 bits per heavy atom. The van der Waals surface area contributed by atoms with Gasteiger partial charge in [0.05, 0.1) is 4.75 Å². The van der Waals surface area contributed by atoms with E-state index in [0.29, 0.717) is 19.0 Å². The topological polar surface area (TPSA) is 49.4 Å². The van der Waals surface area contributed by atoms with Gasteiger partial charge in [-0.2, -0.15) is 0 Å². The highest BCUT2D eigenvalue weighted by molar-refractivity contribution is 7.90. The van der Waals surface area contributed by atoms with Crippen LogP contribution in [0.4, 0.5) is 0 Å². The lowest BCUT2D eigenvalue weighted by Gasteiger charge is -2.35.